The minimum Gasteiger partial charge on any atom is -0.481 e. The topological polar surface area (TPSA) is 50.7 Å². The summed E-state index contributed by atoms with van der Waals surface area (Å²) in [6.45, 7) is 7.43. The molecule has 1 atom stereocenters. The van der Waals surface area contributed by atoms with E-state index in [4.69, 9.17) is 16.3 Å². The molecule has 0 heterocycles. The lowest BCUT2D eigenvalue weighted by Crippen LogP contribution is -2.34. The van der Waals surface area contributed by atoms with Gasteiger partial charge in [0.25, 0.3) is 5.91 Å². The highest BCUT2D eigenvalue weighted by Gasteiger charge is 2.15. The van der Waals surface area contributed by atoms with Crippen LogP contribution in [0.4, 0.5) is 0 Å². The van der Waals surface area contributed by atoms with Gasteiger partial charge in [-0.3, -0.25) is 4.79 Å². The van der Waals surface area contributed by atoms with E-state index < -0.39 is 6.10 Å². The van der Waals surface area contributed by atoms with Gasteiger partial charge in [-0.15, -0.1) is 0 Å². The first-order chi connectivity index (χ1) is 11.4. The van der Waals surface area contributed by atoms with E-state index in [0.29, 0.717) is 10.8 Å². The van der Waals surface area contributed by atoms with Crippen molar-refractivity contribution in [2.24, 2.45) is 5.10 Å². The molecular weight excluding hydrogens is 324 g/mol. The highest BCUT2D eigenvalue weighted by atomic mass is 35.5. The van der Waals surface area contributed by atoms with Gasteiger partial charge in [0.05, 0.1) is 5.71 Å². The van der Waals surface area contributed by atoms with Crippen LogP contribution in [0.3, 0.4) is 0 Å². The molecule has 0 bridgehead atoms. The molecule has 0 aliphatic carbocycles. The number of aryl methyl sites for hydroxylation is 2. The minimum atomic E-state index is -0.668. The number of hydrogen-bond acceptors (Lipinski definition) is 3. The molecule has 0 saturated heterocycles. The summed E-state index contributed by atoms with van der Waals surface area (Å²) in [5.41, 5.74) is 6.28. The molecular formula is C19H21ClN2O2. The summed E-state index contributed by atoms with van der Waals surface area (Å²) in [6.07, 6.45) is -0.668. The molecule has 24 heavy (non-hydrogen) atoms. The highest BCUT2D eigenvalue weighted by Crippen LogP contribution is 2.22. The largest absolute Gasteiger partial charge is 0.481 e. The maximum absolute atomic E-state index is 12.2. The fourth-order valence-corrected chi connectivity index (χ4v) is 2.38. The fraction of sp³-hybridized carbons (Fsp3) is 0.263. The zero-order chi connectivity index (χ0) is 17.7. The molecule has 1 N–H and O–H groups in total. The number of nitrogens with zero attached hydrogens (tertiary/aromatic N) is 1. The predicted molar refractivity (Wildman–Crippen MR) is 97.8 cm³/mol. The third kappa shape index (κ3) is 4.83. The molecule has 0 spiro atoms. The van der Waals surface area contributed by atoms with Crippen LogP contribution in [0.15, 0.2) is 47.6 Å². The molecule has 5 heteroatoms. The lowest BCUT2D eigenvalue weighted by Gasteiger charge is -2.15. The number of hydrogen-bond donors (Lipinski definition) is 1. The number of halogens is 1. The summed E-state index contributed by atoms with van der Waals surface area (Å²) >= 11 is 5.92. The minimum absolute atomic E-state index is 0.309. The average molecular weight is 345 g/mol. The van der Waals surface area contributed by atoms with E-state index in [1.54, 1.807) is 25.1 Å². The summed E-state index contributed by atoms with van der Waals surface area (Å²) < 4.78 is 5.68. The van der Waals surface area contributed by atoms with Gasteiger partial charge in [-0.05, 0) is 57.0 Å². The number of nitrogens with one attached hydrogen (secondary N) is 1. The second-order valence-corrected chi connectivity index (χ2v) is 6.15. The van der Waals surface area contributed by atoms with Crippen molar-refractivity contribution in [3.63, 3.8) is 0 Å². The Bertz CT molecular complexity index is 772. The Morgan fingerprint density at radius 3 is 2.62 bits per heavy atom. The van der Waals surface area contributed by atoms with Gasteiger partial charge in [-0.1, -0.05) is 41.4 Å². The van der Waals surface area contributed by atoms with Crippen LogP contribution in [-0.2, 0) is 4.79 Å². The molecule has 0 aliphatic heterocycles. The first-order valence-corrected chi connectivity index (χ1v) is 8.08. The molecule has 2 aromatic rings. The number of amides is 1. The smallest absolute Gasteiger partial charge is 0.280 e. The van der Waals surface area contributed by atoms with Crippen LogP contribution in [-0.4, -0.2) is 17.7 Å². The maximum atomic E-state index is 12.2. The monoisotopic (exact) mass is 344 g/mol. The summed E-state index contributed by atoms with van der Waals surface area (Å²) in [5.74, 6) is 0.317. The SMILES string of the molecule is CC(=NNC(=O)C(C)Oc1ccc(Cl)cc1C)c1cccc(C)c1. The van der Waals surface area contributed by atoms with Crippen molar-refractivity contribution in [2.75, 3.05) is 0 Å². The van der Waals surface area contributed by atoms with Crippen LogP contribution < -0.4 is 10.2 Å². The average Bonchev–Trinajstić information content (AvgIpc) is 2.54. The first kappa shape index (κ1) is 18.0. The second-order valence-electron chi connectivity index (χ2n) is 5.71. The van der Waals surface area contributed by atoms with E-state index >= 15 is 0 Å². The van der Waals surface area contributed by atoms with Gasteiger partial charge in [-0.2, -0.15) is 5.10 Å². The number of carbonyl (C=O) groups is 1. The van der Waals surface area contributed by atoms with Crippen LogP contribution in [0.2, 0.25) is 5.02 Å². The molecule has 0 aromatic heterocycles. The first-order valence-electron chi connectivity index (χ1n) is 7.71. The van der Waals surface area contributed by atoms with Crippen molar-refractivity contribution in [1.82, 2.24) is 5.43 Å². The molecule has 2 rings (SSSR count). The van der Waals surface area contributed by atoms with Crippen molar-refractivity contribution in [3.8, 4) is 5.75 Å². The molecule has 126 valence electrons. The molecule has 1 unspecified atom stereocenters. The van der Waals surface area contributed by atoms with Crippen molar-refractivity contribution >= 4 is 23.2 Å². The van der Waals surface area contributed by atoms with Crippen LogP contribution in [0.5, 0.6) is 5.75 Å². The van der Waals surface area contributed by atoms with Gasteiger partial charge < -0.3 is 4.74 Å². The highest BCUT2D eigenvalue weighted by molar-refractivity contribution is 6.30. The van der Waals surface area contributed by atoms with Crippen LogP contribution in [0.25, 0.3) is 0 Å². The van der Waals surface area contributed by atoms with Gasteiger partial charge >= 0.3 is 0 Å². The lowest BCUT2D eigenvalue weighted by molar-refractivity contribution is -0.127. The summed E-state index contributed by atoms with van der Waals surface area (Å²) in [5, 5.41) is 4.79. The molecule has 2 aromatic carbocycles. The van der Waals surface area contributed by atoms with Gasteiger partial charge in [0, 0.05) is 5.02 Å². The van der Waals surface area contributed by atoms with Crippen LogP contribution in [0.1, 0.15) is 30.5 Å². The van der Waals surface area contributed by atoms with Gasteiger partial charge in [0.1, 0.15) is 5.75 Å². The zero-order valence-electron chi connectivity index (χ0n) is 14.3. The Morgan fingerprint density at radius 1 is 1.21 bits per heavy atom. The van der Waals surface area contributed by atoms with E-state index in [0.717, 1.165) is 22.4 Å². The number of hydrazone groups is 1. The quantitative estimate of drug-likeness (QED) is 0.650. The van der Waals surface area contributed by atoms with Crippen LogP contribution >= 0.6 is 11.6 Å². The van der Waals surface area contributed by atoms with Crippen molar-refractivity contribution < 1.29 is 9.53 Å². The number of ether oxygens (including phenoxy) is 1. The Hall–Kier alpha value is -2.33. The van der Waals surface area contributed by atoms with Gasteiger partial charge in [0.15, 0.2) is 6.10 Å². The lowest BCUT2D eigenvalue weighted by atomic mass is 10.1. The van der Waals surface area contributed by atoms with Gasteiger partial charge in [0.2, 0.25) is 0 Å². The predicted octanol–water partition coefficient (Wildman–Crippen LogP) is 4.26. The maximum Gasteiger partial charge on any atom is 0.280 e. The summed E-state index contributed by atoms with van der Waals surface area (Å²) in [4.78, 5) is 12.2. The Balaban J connectivity index is 1.99. The summed E-state index contributed by atoms with van der Waals surface area (Å²) in [7, 11) is 0. The van der Waals surface area contributed by atoms with E-state index in [1.807, 2.05) is 45.0 Å². The van der Waals surface area contributed by atoms with E-state index in [2.05, 4.69) is 10.5 Å². The standard InChI is InChI=1S/C19H21ClN2O2/c1-12-6-5-7-16(10-12)14(3)21-22-19(23)15(4)24-18-9-8-17(20)11-13(18)2/h5-11,15H,1-4H3,(H,22,23). The van der Waals surface area contributed by atoms with E-state index in [1.165, 1.54) is 0 Å². The molecule has 0 radical (unpaired) electrons. The Labute approximate surface area is 147 Å². The summed E-state index contributed by atoms with van der Waals surface area (Å²) in [6, 6.07) is 13.2. The molecule has 1 amide bonds. The number of carbonyl (C=O) groups excluding carboxylic acids is 1. The third-order valence-electron chi connectivity index (χ3n) is 3.58. The number of benzene rings is 2. The number of rotatable bonds is 5. The molecule has 0 aliphatic rings. The Kier molecular flexibility index (Phi) is 5.99. The van der Waals surface area contributed by atoms with Crippen LogP contribution in [0, 0.1) is 13.8 Å². The van der Waals surface area contributed by atoms with E-state index in [9.17, 15) is 4.79 Å². The fourth-order valence-electron chi connectivity index (χ4n) is 2.15. The molecule has 4 nitrogen and oxygen atoms in total. The zero-order valence-corrected chi connectivity index (χ0v) is 15.0. The van der Waals surface area contributed by atoms with Gasteiger partial charge in [-0.25, -0.2) is 5.43 Å². The molecule has 0 fully saturated rings. The van der Waals surface area contributed by atoms with E-state index in [-0.39, 0.29) is 5.91 Å². The van der Waals surface area contributed by atoms with Crippen molar-refractivity contribution in [3.05, 3.63) is 64.2 Å². The molecule has 0 saturated carbocycles. The normalized spacial score (nSPS) is 12.6. The third-order valence-corrected chi connectivity index (χ3v) is 3.81. The van der Waals surface area contributed by atoms with Crippen molar-refractivity contribution in [2.45, 2.75) is 33.8 Å². The Morgan fingerprint density at radius 2 is 1.96 bits per heavy atom. The van der Waals surface area contributed by atoms with Crippen molar-refractivity contribution in [1.29, 1.82) is 0 Å². The second kappa shape index (κ2) is 7.97.